The zero-order chi connectivity index (χ0) is 16.6. The van der Waals surface area contributed by atoms with Crippen LogP contribution in [0.15, 0.2) is 12.1 Å². The minimum Gasteiger partial charge on any atom is -0.506 e. The van der Waals surface area contributed by atoms with E-state index in [9.17, 15) is 14.3 Å². The van der Waals surface area contributed by atoms with Crippen LogP contribution in [0.25, 0.3) is 0 Å². The second-order valence-electron chi connectivity index (χ2n) is 6.13. The second-order valence-corrected chi connectivity index (χ2v) is 6.96. The summed E-state index contributed by atoms with van der Waals surface area (Å²) in [5.74, 6) is -0.860. The molecule has 0 radical (unpaired) electrons. The molecule has 2 aliphatic rings. The molecule has 23 heavy (non-hydrogen) atoms. The first-order valence-corrected chi connectivity index (χ1v) is 8.40. The number of hydrogen-bond acceptors (Lipinski definition) is 6. The molecular formula is C15H21FN4O2S. The summed E-state index contributed by atoms with van der Waals surface area (Å²) < 4.78 is 18.4. The fraction of sp³-hybridized carbons (Fsp3) is 0.533. The van der Waals surface area contributed by atoms with Gasteiger partial charge in [-0.25, -0.2) is 4.39 Å². The van der Waals surface area contributed by atoms with Crippen LogP contribution >= 0.6 is 12.1 Å². The van der Waals surface area contributed by atoms with E-state index in [-0.39, 0.29) is 23.9 Å². The number of phenolic OH excluding ortho intramolecular Hbond substituents is 1. The molecule has 2 saturated heterocycles. The smallest absolute Gasteiger partial charge is 0.251 e. The van der Waals surface area contributed by atoms with Crippen LogP contribution in [-0.2, 0) is 4.79 Å². The lowest BCUT2D eigenvalue weighted by atomic mass is 10.0. The van der Waals surface area contributed by atoms with Gasteiger partial charge in [-0.15, -0.1) is 0 Å². The van der Waals surface area contributed by atoms with Crippen molar-refractivity contribution in [2.75, 3.05) is 42.9 Å². The van der Waals surface area contributed by atoms with E-state index in [1.54, 1.807) is 6.07 Å². The molecule has 1 aromatic carbocycles. The van der Waals surface area contributed by atoms with Crippen LogP contribution < -0.4 is 13.9 Å². The van der Waals surface area contributed by atoms with Gasteiger partial charge in [-0.2, -0.15) is 0 Å². The molecule has 2 fully saturated rings. The molecule has 2 heterocycles. The van der Waals surface area contributed by atoms with Crippen molar-refractivity contribution in [3.8, 4) is 5.75 Å². The molecule has 0 atom stereocenters. The van der Waals surface area contributed by atoms with E-state index in [0.29, 0.717) is 11.7 Å². The minimum absolute atomic E-state index is 0.0305. The summed E-state index contributed by atoms with van der Waals surface area (Å²) in [6.07, 6.45) is 2.02. The van der Waals surface area contributed by atoms with E-state index >= 15 is 0 Å². The van der Waals surface area contributed by atoms with Crippen molar-refractivity contribution in [1.29, 1.82) is 0 Å². The van der Waals surface area contributed by atoms with Crippen molar-refractivity contribution in [3.05, 3.63) is 17.9 Å². The fourth-order valence-corrected chi connectivity index (χ4v) is 3.80. The molecule has 1 aromatic rings. The Morgan fingerprint density at radius 2 is 2.04 bits per heavy atom. The number of carbonyl (C=O) groups is 1. The van der Waals surface area contributed by atoms with Crippen molar-refractivity contribution in [1.82, 2.24) is 9.62 Å². The monoisotopic (exact) mass is 340 g/mol. The number of nitrogens with one attached hydrogen (secondary N) is 1. The fourth-order valence-electron chi connectivity index (χ4n) is 3.07. The van der Waals surface area contributed by atoms with Crippen LogP contribution in [0.1, 0.15) is 12.8 Å². The SMILES string of the molecule is CN(C)C1CCN(c2cc(O)c(N3CC(=O)NS3)c(F)c2)CC1. The van der Waals surface area contributed by atoms with Crippen LogP contribution in [0.3, 0.4) is 0 Å². The second kappa shape index (κ2) is 6.45. The molecule has 0 aromatic heterocycles. The van der Waals surface area contributed by atoms with E-state index in [2.05, 4.69) is 28.6 Å². The first-order chi connectivity index (χ1) is 11.0. The molecular weight excluding hydrogens is 319 g/mol. The van der Waals surface area contributed by atoms with Crippen molar-refractivity contribution in [2.24, 2.45) is 0 Å². The van der Waals surface area contributed by atoms with Gasteiger partial charge in [-0.05, 0) is 33.0 Å². The highest BCUT2D eigenvalue weighted by Crippen LogP contribution is 2.39. The molecule has 126 valence electrons. The maximum absolute atomic E-state index is 14.5. The molecule has 0 bridgehead atoms. The number of nitrogens with zero attached hydrogens (tertiary/aromatic N) is 3. The minimum atomic E-state index is -0.515. The number of benzene rings is 1. The molecule has 0 saturated carbocycles. The van der Waals surface area contributed by atoms with Crippen LogP contribution in [0.2, 0.25) is 0 Å². The average Bonchev–Trinajstić information content (AvgIpc) is 2.92. The standard InChI is InChI=1S/C15H21FN4O2S/c1-18(2)10-3-5-19(6-4-10)11-7-12(16)15(13(21)8-11)20-9-14(22)17-23-20/h7-8,10,21H,3-6,9H2,1-2H3,(H,17,22). The van der Waals surface area contributed by atoms with Gasteiger partial charge < -0.3 is 14.9 Å². The summed E-state index contributed by atoms with van der Waals surface area (Å²) in [6, 6.07) is 3.56. The number of amides is 1. The third kappa shape index (κ3) is 3.32. The first kappa shape index (κ1) is 16.2. The maximum Gasteiger partial charge on any atom is 0.251 e. The number of carbonyl (C=O) groups excluding carboxylic acids is 1. The molecule has 2 N–H and O–H groups in total. The van der Waals surface area contributed by atoms with Crippen molar-refractivity contribution in [2.45, 2.75) is 18.9 Å². The Bertz CT molecular complexity index is 582. The summed E-state index contributed by atoms with van der Waals surface area (Å²) in [5, 5.41) is 10.2. The van der Waals surface area contributed by atoms with Gasteiger partial charge in [0, 0.05) is 30.9 Å². The van der Waals surface area contributed by atoms with Crippen LogP contribution in [0.4, 0.5) is 15.8 Å². The first-order valence-electron chi connectivity index (χ1n) is 7.63. The summed E-state index contributed by atoms with van der Waals surface area (Å²) in [5.41, 5.74) is 0.740. The number of aromatic hydroxyl groups is 1. The van der Waals surface area contributed by atoms with Gasteiger partial charge >= 0.3 is 0 Å². The van der Waals surface area contributed by atoms with E-state index in [1.807, 2.05) is 0 Å². The normalized spacial score (nSPS) is 19.6. The molecule has 2 aliphatic heterocycles. The Hall–Kier alpha value is -1.67. The van der Waals surface area contributed by atoms with E-state index < -0.39 is 5.82 Å². The highest BCUT2D eigenvalue weighted by molar-refractivity contribution is 7.99. The van der Waals surface area contributed by atoms with Gasteiger partial charge in [0.05, 0.1) is 12.1 Å². The number of phenols is 1. The van der Waals surface area contributed by atoms with E-state index in [4.69, 9.17) is 0 Å². The van der Waals surface area contributed by atoms with Gasteiger partial charge in [0.25, 0.3) is 5.91 Å². The van der Waals surface area contributed by atoms with E-state index in [1.165, 1.54) is 10.4 Å². The predicted octanol–water partition coefficient (Wildman–Crippen LogP) is 1.56. The third-order valence-electron chi connectivity index (χ3n) is 4.39. The molecule has 0 aliphatic carbocycles. The van der Waals surface area contributed by atoms with Gasteiger partial charge in [-0.3, -0.25) is 13.8 Å². The van der Waals surface area contributed by atoms with Crippen LogP contribution in [-0.4, -0.2) is 55.7 Å². The zero-order valence-electron chi connectivity index (χ0n) is 13.3. The van der Waals surface area contributed by atoms with Crippen LogP contribution in [0.5, 0.6) is 5.75 Å². The highest BCUT2D eigenvalue weighted by Gasteiger charge is 2.28. The topological polar surface area (TPSA) is 59.1 Å². The molecule has 6 nitrogen and oxygen atoms in total. The molecule has 0 unspecified atom stereocenters. The van der Waals surface area contributed by atoms with Gasteiger partial charge in [0.15, 0.2) is 5.82 Å². The lowest BCUT2D eigenvalue weighted by Gasteiger charge is -2.36. The molecule has 8 heteroatoms. The lowest BCUT2D eigenvalue weighted by molar-refractivity contribution is -0.117. The highest BCUT2D eigenvalue weighted by atomic mass is 32.2. The summed E-state index contributed by atoms with van der Waals surface area (Å²) >= 11 is 0.992. The van der Waals surface area contributed by atoms with Crippen molar-refractivity contribution in [3.63, 3.8) is 0 Å². The molecule has 0 spiro atoms. The van der Waals surface area contributed by atoms with Gasteiger partial charge in [0.1, 0.15) is 18.0 Å². The Labute approximate surface area is 139 Å². The average molecular weight is 340 g/mol. The lowest BCUT2D eigenvalue weighted by Crippen LogP contribution is -2.42. The maximum atomic E-state index is 14.5. The Morgan fingerprint density at radius 1 is 1.35 bits per heavy atom. The summed E-state index contributed by atoms with van der Waals surface area (Å²) in [7, 11) is 4.15. The quantitative estimate of drug-likeness (QED) is 0.815. The Balaban J connectivity index is 1.76. The number of rotatable bonds is 3. The van der Waals surface area contributed by atoms with Crippen LogP contribution in [0, 0.1) is 5.82 Å². The zero-order valence-corrected chi connectivity index (χ0v) is 14.1. The number of hydrogen-bond donors (Lipinski definition) is 2. The number of anilines is 2. The third-order valence-corrected chi connectivity index (χ3v) is 5.25. The molecule has 1 amide bonds. The molecule has 3 rings (SSSR count). The van der Waals surface area contributed by atoms with Crippen molar-refractivity contribution < 1.29 is 14.3 Å². The van der Waals surface area contributed by atoms with Gasteiger partial charge in [-0.1, -0.05) is 0 Å². The summed E-state index contributed by atoms with van der Waals surface area (Å²) in [4.78, 5) is 15.6. The largest absolute Gasteiger partial charge is 0.506 e. The van der Waals surface area contributed by atoms with Gasteiger partial charge in [0.2, 0.25) is 0 Å². The van der Waals surface area contributed by atoms with Crippen molar-refractivity contribution >= 4 is 29.4 Å². The predicted molar refractivity (Wildman–Crippen MR) is 90.1 cm³/mol. The number of halogens is 1. The van der Waals surface area contributed by atoms with E-state index in [0.717, 1.165) is 38.1 Å². The Morgan fingerprint density at radius 3 is 2.57 bits per heavy atom. The number of piperidine rings is 1. The Kier molecular flexibility index (Phi) is 4.54. The summed E-state index contributed by atoms with van der Waals surface area (Å²) in [6.45, 7) is 1.70.